The van der Waals surface area contributed by atoms with Crippen molar-refractivity contribution in [3.63, 3.8) is 0 Å². The van der Waals surface area contributed by atoms with Crippen molar-refractivity contribution < 1.29 is 9.50 Å². The van der Waals surface area contributed by atoms with Gasteiger partial charge in [0.25, 0.3) is 0 Å². The predicted molar refractivity (Wildman–Crippen MR) is 114 cm³/mol. The van der Waals surface area contributed by atoms with Crippen LogP contribution in [-0.2, 0) is 0 Å². The molecule has 2 fully saturated rings. The Bertz CT molecular complexity index is 577. The minimum atomic E-state index is -0.716. The number of aliphatic hydroxyl groups is 1. The van der Waals surface area contributed by atoms with Crippen molar-refractivity contribution in [2.24, 2.45) is 4.99 Å². The van der Waals surface area contributed by atoms with Gasteiger partial charge in [-0.15, -0.1) is 24.0 Å². The summed E-state index contributed by atoms with van der Waals surface area (Å²) in [6, 6.07) is 6.58. The van der Waals surface area contributed by atoms with Crippen LogP contribution in [0.5, 0.6) is 0 Å². The molecule has 0 spiro atoms. The molecule has 0 radical (unpaired) electrons. The molecule has 0 aliphatic carbocycles. The highest BCUT2D eigenvalue weighted by atomic mass is 127. The number of nitrogens with one attached hydrogen (secondary N) is 1. The molecule has 1 aromatic carbocycles. The van der Waals surface area contributed by atoms with E-state index in [1.165, 1.54) is 44.5 Å². The second-order valence-electron chi connectivity index (χ2n) is 6.89. The number of benzene rings is 1. The molecule has 2 atom stereocenters. The molecule has 2 unspecified atom stereocenters. The summed E-state index contributed by atoms with van der Waals surface area (Å²) < 4.78 is 13.0. The van der Waals surface area contributed by atoms with Crippen molar-refractivity contribution in [3.05, 3.63) is 35.6 Å². The zero-order valence-corrected chi connectivity index (χ0v) is 17.7. The maximum atomic E-state index is 13.0. The SMILES string of the molecule is CCNC(=NCC(O)c1ccc(F)cc1)N1CCC(N2CCCC2)C1.I. The third-order valence-electron chi connectivity index (χ3n) is 5.12. The molecule has 0 bridgehead atoms. The highest BCUT2D eigenvalue weighted by molar-refractivity contribution is 14.0. The van der Waals surface area contributed by atoms with Gasteiger partial charge in [-0.1, -0.05) is 12.1 Å². The molecule has 0 saturated carbocycles. The normalized spacial score (nSPS) is 22.3. The molecule has 2 aliphatic heterocycles. The van der Waals surface area contributed by atoms with Gasteiger partial charge in [0.15, 0.2) is 5.96 Å². The van der Waals surface area contributed by atoms with E-state index in [1.54, 1.807) is 12.1 Å². The molecule has 1 aromatic rings. The molecule has 2 saturated heterocycles. The Morgan fingerprint density at radius 1 is 1.27 bits per heavy atom. The monoisotopic (exact) mass is 476 g/mol. The van der Waals surface area contributed by atoms with Crippen molar-refractivity contribution >= 4 is 29.9 Å². The number of likely N-dealkylation sites (tertiary alicyclic amines) is 2. The molecule has 2 aliphatic rings. The predicted octanol–water partition coefficient (Wildman–Crippen LogP) is 2.61. The largest absolute Gasteiger partial charge is 0.386 e. The van der Waals surface area contributed by atoms with Crippen molar-refractivity contribution in [1.82, 2.24) is 15.1 Å². The smallest absolute Gasteiger partial charge is 0.194 e. The summed E-state index contributed by atoms with van der Waals surface area (Å²) in [5.74, 6) is 0.572. The Kier molecular flexibility index (Phi) is 8.56. The molecule has 26 heavy (non-hydrogen) atoms. The maximum absolute atomic E-state index is 13.0. The van der Waals surface area contributed by atoms with Crippen LogP contribution in [0.15, 0.2) is 29.3 Å². The number of aliphatic imine (C=N–C) groups is 1. The van der Waals surface area contributed by atoms with Crippen LogP contribution in [0.4, 0.5) is 4.39 Å². The Balaban J connectivity index is 0.00000243. The number of nitrogens with zero attached hydrogens (tertiary/aromatic N) is 3. The number of guanidine groups is 1. The lowest BCUT2D eigenvalue weighted by atomic mass is 10.1. The van der Waals surface area contributed by atoms with Crippen molar-refractivity contribution in [2.45, 2.75) is 38.3 Å². The van der Waals surface area contributed by atoms with Gasteiger partial charge >= 0.3 is 0 Å². The summed E-state index contributed by atoms with van der Waals surface area (Å²) in [6.45, 7) is 7.57. The summed E-state index contributed by atoms with van der Waals surface area (Å²) in [7, 11) is 0. The molecule has 7 heteroatoms. The molecule has 2 heterocycles. The third kappa shape index (κ3) is 5.53. The number of hydrogen-bond donors (Lipinski definition) is 2. The number of aliphatic hydroxyl groups excluding tert-OH is 1. The topological polar surface area (TPSA) is 51.1 Å². The number of halogens is 2. The average molecular weight is 476 g/mol. The highest BCUT2D eigenvalue weighted by Gasteiger charge is 2.30. The highest BCUT2D eigenvalue weighted by Crippen LogP contribution is 2.21. The van der Waals surface area contributed by atoms with Crippen LogP contribution in [0, 0.1) is 5.82 Å². The second-order valence-corrected chi connectivity index (χ2v) is 6.89. The van der Waals surface area contributed by atoms with Gasteiger partial charge < -0.3 is 15.3 Å². The standard InChI is InChI=1S/C19H29FN4O.HI/c1-2-21-19(22-13-18(25)15-5-7-16(20)8-6-15)24-12-9-17(14-24)23-10-3-4-11-23;/h5-8,17-18,25H,2-4,9-14H2,1H3,(H,21,22);1H. The van der Waals surface area contributed by atoms with Gasteiger partial charge in [-0.2, -0.15) is 0 Å². The summed E-state index contributed by atoms with van der Waals surface area (Å²) in [5.41, 5.74) is 0.692. The zero-order chi connectivity index (χ0) is 17.6. The lowest BCUT2D eigenvalue weighted by Crippen LogP contribution is -2.43. The van der Waals surface area contributed by atoms with E-state index in [1.807, 2.05) is 0 Å². The summed E-state index contributed by atoms with van der Waals surface area (Å²) in [5, 5.41) is 13.6. The Morgan fingerprint density at radius 3 is 2.62 bits per heavy atom. The van der Waals surface area contributed by atoms with Crippen molar-refractivity contribution in [2.75, 3.05) is 39.3 Å². The van der Waals surface area contributed by atoms with Crippen LogP contribution < -0.4 is 5.32 Å². The molecule has 3 rings (SSSR count). The lowest BCUT2D eigenvalue weighted by molar-refractivity contribution is 0.186. The van der Waals surface area contributed by atoms with Gasteiger partial charge in [0.2, 0.25) is 0 Å². The fraction of sp³-hybridized carbons (Fsp3) is 0.632. The third-order valence-corrected chi connectivity index (χ3v) is 5.12. The van der Waals surface area contributed by atoms with Crippen LogP contribution in [0.3, 0.4) is 0 Å². The molecule has 0 aromatic heterocycles. The van der Waals surface area contributed by atoms with Crippen molar-refractivity contribution in [3.8, 4) is 0 Å². The molecular formula is C19H30FIN4O. The van der Waals surface area contributed by atoms with Gasteiger partial charge in [0.1, 0.15) is 5.82 Å². The van der Waals surface area contributed by atoms with E-state index >= 15 is 0 Å². The fourth-order valence-corrected chi connectivity index (χ4v) is 3.73. The average Bonchev–Trinajstić information content (AvgIpc) is 3.30. The van der Waals surface area contributed by atoms with E-state index in [2.05, 4.69) is 27.0 Å². The van der Waals surface area contributed by atoms with Crippen LogP contribution in [0.2, 0.25) is 0 Å². The molecular weight excluding hydrogens is 446 g/mol. The van der Waals surface area contributed by atoms with Gasteiger partial charge in [0, 0.05) is 25.7 Å². The zero-order valence-electron chi connectivity index (χ0n) is 15.4. The van der Waals surface area contributed by atoms with E-state index < -0.39 is 6.10 Å². The van der Waals surface area contributed by atoms with E-state index in [0.717, 1.165) is 25.6 Å². The first-order chi connectivity index (χ1) is 12.2. The molecule has 0 amide bonds. The van der Waals surface area contributed by atoms with Gasteiger partial charge in [0.05, 0.1) is 12.6 Å². The first-order valence-electron chi connectivity index (χ1n) is 9.38. The van der Waals surface area contributed by atoms with E-state index in [4.69, 9.17) is 0 Å². The molecule has 146 valence electrons. The van der Waals surface area contributed by atoms with Crippen LogP contribution in [0.1, 0.15) is 37.9 Å². The molecule has 2 N–H and O–H groups in total. The van der Waals surface area contributed by atoms with Gasteiger partial charge in [-0.25, -0.2) is 4.39 Å². The van der Waals surface area contributed by atoms with E-state index in [9.17, 15) is 9.50 Å². The first kappa shape index (κ1) is 21.4. The minimum absolute atomic E-state index is 0. The second kappa shape index (κ2) is 10.4. The number of rotatable bonds is 5. The first-order valence-corrected chi connectivity index (χ1v) is 9.38. The van der Waals surface area contributed by atoms with Crippen LogP contribution >= 0.6 is 24.0 Å². The Labute approximate surface area is 172 Å². The summed E-state index contributed by atoms with van der Waals surface area (Å²) in [6.07, 6.45) is 3.08. The van der Waals surface area contributed by atoms with Crippen LogP contribution in [0.25, 0.3) is 0 Å². The van der Waals surface area contributed by atoms with Gasteiger partial charge in [-0.05, 0) is 57.0 Å². The van der Waals surface area contributed by atoms with Gasteiger partial charge in [-0.3, -0.25) is 9.89 Å². The lowest BCUT2D eigenvalue weighted by Gasteiger charge is -2.25. The van der Waals surface area contributed by atoms with E-state index in [0.29, 0.717) is 11.6 Å². The number of hydrogen-bond acceptors (Lipinski definition) is 3. The van der Waals surface area contributed by atoms with E-state index in [-0.39, 0.29) is 36.3 Å². The Morgan fingerprint density at radius 2 is 1.96 bits per heavy atom. The minimum Gasteiger partial charge on any atom is -0.386 e. The summed E-state index contributed by atoms with van der Waals surface area (Å²) >= 11 is 0. The quantitative estimate of drug-likeness (QED) is 0.390. The van der Waals surface area contributed by atoms with Crippen molar-refractivity contribution in [1.29, 1.82) is 0 Å². The maximum Gasteiger partial charge on any atom is 0.194 e. The summed E-state index contributed by atoms with van der Waals surface area (Å²) in [4.78, 5) is 9.51. The fourth-order valence-electron chi connectivity index (χ4n) is 3.73. The van der Waals surface area contributed by atoms with Crippen LogP contribution in [-0.4, -0.2) is 66.2 Å². The molecule has 5 nitrogen and oxygen atoms in total. The Hall–Kier alpha value is -0.930.